The Morgan fingerprint density at radius 1 is 1.38 bits per heavy atom. The molecule has 4 nitrogen and oxygen atoms in total. The highest BCUT2D eigenvalue weighted by atomic mass is 19.1. The molecule has 0 bridgehead atoms. The van der Waals surface area contributed by atoms with E-state index < -0.39 is 17.5 Å². The van der Waals surface area contributed by atoms with Gasteiger partial charge < -0.3 is 15.4 Å². The highest BCUT2D eigenvalue weighted by Crippen LogP contribution is 2.28. The predicted molar refractivity (Wildman–Crippen MR) is 75.1 cm³/mol. The van der Waals surface area contributed by atoms with Gasteiger partial charge in [-0.2, -0.15) is 0 Å². The first-order chi connectivity index (χ1) is 10.1. The van der Waals surface area contributed by atoms with Crippen molar-refractivity contribution in [2.45, 2.75) is 12.8 Å². The number of hydrogen-bond donors (Lipinski definition) is 2. The van der Waals surface area contributed by atoms with Crippen LogP contribution in [0.1, 0.15) is 23.2 Å². The molecular formula is C15H20F2N2O2. The Morgan fingerprint density at radius 2 is 2.10 bits per heavy atom. The molecule has 0 aromatic heterocycles. The molecule has 6 heteroatoms. The average Bonchev–Trinajstić information content (AvgIpc) is 2.46. The Morgan fingerprint density at radius 3 is 2.71 bits per heavy atom. The molecule has 1 heterocycles. The zero-order valence-corrected chi connectivity index (χ0v) is 12.0. The summed E-state index contributed by atoms with van der Waals surface area (Å²) in [4.78, 5) is 12.0. The van der Waals surface area contributed by atoms with Crippen molar-refractivity contribution < 1.29 is 18.3 Å². The Hall–Kier alpha value is -1.53. The second-order valence-electron chi connectivity index (χ2n) is 5.49. The lowest BCUT2D eigenvalue weighted by Gasteiger charge is -2.37. The van der Waals surface area contributed by atoms with E-state index in [-0.39, 0.29) is 11.0 Å². The standard InChI is InChI=1S/C15H20F2N2O2/c1-21-10-15(4-6-18-7-5-15)9-19-14(20)12-3-2-11(16)8-13(12)17/h2-3,8,18H,4-7,9-10H2,1H3,(H,19,20). The van der Waals surface area contributed by atoms with Crippen LogP contribution in [-0.2, 0) is 4.74 Å². The first-order valence-electron chi connectivity index (χ1n) is 6.99. The quantitative estimate of drug-likeness (QED) is 0.870. The van der Waals surface area contributed by atoms with Crippen LogP contribution in [0.2, 0.25) is 0 Å². The minimum Gasteiger partial charge on any atom is -0.384 e. The highest BCUT2D eigenvalue weighted by molar-refractivity contribution is 5.94. The van der Waals surface area contributed by atoms with Gasteiger partial charge in [0.05, 0.1) is 12.2 Å². The van der Waals surface area contributed by atoms with E-state index in [4.69, 9.17) is 4.74 Å². The summed E-state index contributed by atoms with van der Waals surface area (Å²) in [5.41, 5.74) is -0.274. The average molecular weight is 298 g/mol. The van der Waals surface area contributed by atoms with Crippen LogP contribution in [0.5, 0.6) is 0 Å². The van der Waals surface area contributed by atoms with Gasteiger partial charge in [0.15, 0.2) is 0 Å². The Kier molecular flexibility index (Phi) is 5.25. The molecule has 1 aromatic carbocycles. The minimum absolute atomic E-state index is 0.133. The molecule has 116 valence electrons. The summed E-state index contributed by atoms with van der Waals surface area (Å²) in [6.07, 6.45) is 1.76. The van der Waals surface area contributed by atoms with Crippen molar-refractivity contribution in [2.24, 2.45) is 5.41 Å². The summed E-state index contributed by atoms with van der Waals surface area (Å²) in [6.45, 7) is 2.69. The van der Waals surface area contributed by atoms with E-state index in [1.165, 1.54) is 0 Å². The fourth-order valence-corrected chi connectivity index (χ4v) is 2.67. The molecule has 1 saturated heterocycles. The molecule has 2 N–H and O–H groups in total. The number of amides is 1. The van der Waals surface area contributed by atoms with Gasteiger partial charge in [0, 0.05) is 25.1 Å². The van der Waals surface area contributed by atoms with Gasteiger partial charge in [-0.1, -0.05) is 0 Å². The summed E-state index contributed by atoms with van der Waals surface area (Å²) in [6, 6.07) is 2.95. The van der Waals surface area contributed by atoms with Crippen molar-refractivity contribution in [2.75, 3.05) is 33.4 Å². The number of hydrogen-bond acceptors (Lipinski definition) is 3. The molecule has 0 unspecified atom stereocenters. The summed E-state index contributed by atoms with van der Waals surface area (Å²) in [5, 5.41) is 6.01. The zero-order valence-electron chi connectivity index (χ0n) is 12.0. The molecule has 21 heavy (non-hydrogen) atoms. The second-order valence-corrected chi connectivity index (χ2v) is 5.49. The number of piperidine rings is 1. The molecule has 0 atom stereocenters. The smallest absolute Gasteiger partial charge is 0.254 e. The van der Waals surface area contributed by atoms with Crippen molar-refractivity contribution in [1.29, 1.82) is 0 Å². The molecule has 0 radical (unpaired) electrons. The molecule has 1 aliphatic heterocycles. The molecule has 1 aromatic rings. The van der Waals surface area contributed by atoms with Gasteiger partial charge in [0.1, 0.15) is 11.6 Å². The highest BCUT2D eigenvalue weighted by Gasteiger charge is 2.32. The van der Waals surface area contributed by atoms with E-state index in [0.717, 1.165) is 38.1 Å². The third-order valence-electron chi connectivity index (χ3n) is 3.91. The van der Waals surface area contributed by atoms with Crippen molar-refractivity contribution in [3.05, 3.63) is 35.4 Å². The maximum Gasteiger partial charge on any atom is 0.254 e. The van der Waals surface area contributed by atoms with Gasteiger partial charge in [-0.3, -0.25) is 4.79 Å². The fourth-order valence-electron chi connectivity index (χ4n) is 2.67. The number of halogens is 2. The number of nitrogens with one attached hydrogen (secondary N) is 2. The summed E-state index contributed by atoms with van der Waals surface area (Å²) in [7, 11) is 1.63. The molecular weight excluding hydrogens is 278 g/mol. The first kappa shape index (κ1) is 15.9. The lowest BCUT2D eigenvalue weighted by Crippen LogP contribution is -2.47. The van der Waals surface area contributed by atoms with Gasteiger partial charge in [0.25, 0.3) is 5.91 Å². The van der Waals surface area contributed by atoms with Crippen molar-refractivity contribution in [3.8, 4) is 0 Å². The minimum atomic E-state index is -0.849. The van der Waals surface area contributed by atoms with Crippen LogP contribution in [0.15, 0.2) is 18.2 Å². The molecule has 2 rings (SSSR count). The van der Waals surface area contributed by atoms with E-state index in [0.29, 0.717) is 19.2 Å². The van der Waals surface area contributed by atoms with Gasteiger partial charge in [-0.05, 0) is 38.1 Å². The van der Waals surface area contributed by atoms with Crippen LogP contribution in [0.25, 0.3) is 0 Å². The van der Waals surface area contributed by atoms with Crippen molar-refractivity contribution in [1.82, 2.24) is 10.6 Å². The maximum absolute atomic E-state index is 13.6. The predicted octanol–water partition coefficient (Wildman–Crippen LogP) is 1.71. The number of benzene rings is 1. The van der Waals surface area contributed by atoms with E-state index >= 15 is 0 Å². The topological polar surface area (TPSA) is 50.4 Å². The monoisotopic (exact) mass is 298 g/mol. The lowest BCUT2D eigenvalue weighted by molar-refractivity contribution is 0.0511. The van der Waals surface area contributed by atoms with Crippen molar-refractivity contribution >= 4 is 5.91 Å². The largest absolute Gasteiger partial charge is 0.384 e. The maximum atomic E-state index is 13.6. The molecule has 0 aliphatic carbocycles. The molecule has 0 saturated carbocycles. The van der Waals surface area contributed by atoms with Gasteiger partial charge in [-0.15, -0.1) is 0 Å². The second kappa shape index (κ2) is 6.95. The van der Waals surface area contributed by atoms with Crippen molar-refractivity contribution in [3.63, 3.8) is 0 Å². The summed E-state index contributed by atoms with van der Waals surface area (Å²) in [5.74, 6) is -2.07. The number of carbonyl (C=O) groups is 1. The van der Waals surface area contributed by atoms with E-state index in [1.807, 2.05) is 0 Å². The van der Waals surface area contributed by atoms with Crippen LogP contribution < -0.4 is 10.6 Å². The van der Waals surface area contributed by atoms with Crippen LogP contribution in [0.3, 0.4) is 0 Å². The van der Waals surface area contributed by atoms with E-state index in [1.54, 1.807) is 7.11 Å². The summed E-state index contributed by atoms with van der Waals surface area (Å²) >= 11 is 0. The first-order valence-corrected chi connectivity index (χ1v) is 6.99. The van der Waals surface area contributed by atoms with Gasteiger partial charge in [-0.25, -0.2) is 8.78 Å². The third-order valence-corrected chi connectivity index (χ3v) is 3.91. The van der Waals surface area contributed by atoms with Crippen LogP contribution >= 0.6 is 0 Å². The van der Waals surface area contributed by atoms with Gasteiger partial charge in [0.2, 0.25) is 0 Å². The molecule has 1 aliphatic rings. The summed E-state index contributed by atoms with van der Waals surface area (Å²) < 4.78 is 31.7. The fraction of sp³-hybridized carbons (Fsp3) is 0.533. The SMILES string of the molecule is COCC1(CNC(=O)c2ccc(F)cc2F)CCNCC1. The number of methoxy groups -OCH3 is 1. The van der Waals surface area contributed by atoms with E-state index in [2.05, 4.69) is 10.6 Å². The molecule has 0 spiro atoms. The normalized spacial score (nSPS) is 17.5. The molecule has 1 fully saturated rings. The number of ether oxygens (including phenoxy) is 1. The molecule has 1 amide bonds. The van der Waals surface area contributed by atoms with Gasteiger partial charge >= 0.3 is 0 Å². The lowest BCUT2D eigenvalue weighted by atomic mass is 9.79. The zero-order chi connectivity index (χ0) is 15.3. The van der Waals surface area contributed by atoms with Crippen LogP contribution in [0, 0.1) is 17.0 Å². The Bertz CT molecular complexity index is 497. The number of carbonyl (C=O) groups excluding carboxylic acids is 1. The van der Waals surface area contributed by atoms with E-state index in [9.17, 15) is 13.6 Å². The van der Waals surface area contributed by atoms with Crippen LogP contribution in [-0.4, -0.2) is 39.3 Å². The third kappa shape index (κ3) is 3.98. The van der Waals surface area contributed by atoms with Crippen LogP contribution in [0.4, 0.5) is 8.78 Å². The Balaban J connectivity index is 2.01. The number of rotatable bonds is 5. The Labute approximate surface area is 122 Å².